The van der Waals surface area contributed by atoms with Crippen molar-refractivity contribution in [1.82, 2.24) is 5.16 Å². The third kappa shape index (κ3) is 1.65. The Labute approximate surface area is 69.5 Å². The molecule has 4 nitrogen and oxygen atoms in total. The predicted octanol–water partition coefficient (Wildman–Crippen LogP) is 0.904. The highest BCUT2D eigenvalue weighted by atomic mass is 32.1. The molecule has 1 N–H and O–H groups in total. The van der Waals surface area contributed by atoms with E-state index in [2.05, 4.69) is 22.4 Å². The molecule has 62 valence electrons. The van der Waals surface area contributed by atoms with Crippen molar-refractivity contribution in [3.8, 4) is 0 Å². The Morgan fingerprint density at radius 1 is 1.73 bits per heavy atom. The van der Waals surface area contributed by atoms with Crippen LogP contribution in [0.25, 0.3) is 0 Å². The molecule has 0 aliphatic heterocycles. The van der Waals surface area contributed by atoms with Crippen molar-refractivity contribution in [1.29, 1.82) is 0 Å². The Kier molecular flexibility index (Phi) is 2.76. The summed E-state index contributed by atoms with van der Waals surface area (Å²) >= 11 is 4.04. The summed E-state index contributed by atoms with van der Waals surface area (Å²) in [7, 11) is 0. The summed E-state index contributed by atoms with van der Waals surface area (Å²) in [6.07, 6.45) is 1.66. The lowest BCUT2D eigenvalue weighted by atomic mass is 10.2. The molecule has 0 saturated carbocycles. The molecule has 0 fully saturated rings. The summed E-state index contributed by atoms with van der Waals surface area (Å²) in [4.78, 5) is 10.9. The molecule has 11 heavy (non-hydrogen) atoms. The van der Waals surface area contributed by atoms with Crippen LogP contribution >= 0.6 is 12.6 Å². The van der Waals surface area contributed by atoms with Crippen LogP contribution in [-0.2, 0) is 12.2 Å². The third-order valence-corrected chi connectivity index (χ3v) is 1.78. The Bertz CT molecular complexity index is 278. The Morgan fingerprint density at radius 3 is 3.00 bits per heavy atom. The van der Waals surface area contributed by atoms with E-state index in [4.69, 9.17) is 0 Å². The molecule has 0 bridgehead atoms. The summed E-state index contributed by atoms with van der Waals surface area (Å²) in [5, 5.41) is 2.51. The maximum absolute atomic E-state index is 10.9. The number of nitrogens with zero attached hydrogens (tertiary/aromatic N) is 1. The van der Waals surface area contributed by atoms with Gasteiger partial charge in [-0.15, -0.1) is 0 Å². The largest absolute Gasteiger partial charge is 0.245 e. The van der Waals surface area contributed by atoms with Gasteiger partial charge in [-0.2, -0.15) is 12.6 Å². The molecule has 0 aliphatic carbocycles. The standard InChI is InChI=1S/C6H10N2O2S/c1-2-3-6-5(4-11)7-10-8(6)9/h7H,2-4H2,1H3/p+1. The molecule has 0 amide bonds. The number of hydrogen-bond acceptors (Lipinski definition) is 3. The third-order valence-electron chi connectivity index (χ3n) is 1.47. The van der Waals surface area contributed by atoms with Crippen molar-refractivity contribution in [2.24, 2.45) is 0 Å². The van der Waals surface area contributed by atoms with Crippen LogP contribution < -0.4 is 4.60 Å². The van der Waals surface area contributed by atoms with Crippen molar-refractivity contribution in [2.45, 2.75) is 25.5 Å². The van der Waals surface area contributed by atoms with E-state index in [9.17, 15) is 4.91 Å². The van der Waals surface area contributed by atoms with Crippen molar-refractivity contribution in [2.75, 3.05) is 0 Å². The zero-order valence-corrected chi connectivity index (χ0v) is 7.23. The first-order valence-corrected chi connectivity index (χ1v) is 4.16. The molecule has 1 aromatic rings. The van der Waals surface area contributed by atoms with Crippen molar-refractivity contribution in [3.63, 3.8) is 0 Å². The van der Waals surface area contributed by atoms with Gasteiger partial charge in [0.25, 0.3) is 0 Å². The van der Waals surface area contributed by atoms with Crippen molar-refractivity contribution >= 4 is 12.6 Å². The molecule has 0 atom stereocenters. The molecule has 1 aromatic heterocycles. The van der Waals surface area contributed by atoms with Gasteiger partial charge in [0.05, 0.1) is 5.75 Å². The molecule has 0 spiro atoms. The first kappa shape index (κ1) is 8.39. The zero-order valence-electron chi connectivity index (χ0n) is 6.33. The second-order valence-electron chi connectivity index (χ2n) is 2.28. The minimum Gasteiger partial charge on any atom is -0.170 e. The van der Waals surface area contributed by atoms with Crippen LogP contribution in [0.1, 0.15) is 24.7 Å². The highest BCUT2D eigenvalue weighted by Crippen LogP contribution is 2.04. The average molecular weight is 175 g/mol. The van der Waals surface area contributed by atoms with Gasteiger partial charge >= 0.3 is 0 Å². The first-order valence-electron chi connectivity index (χ1n) is 3.52. The van der Waals surface area contributed by atoms with Crippen LogP contribution in [0, 0.1) is 4.91 Å². The van der Waals surface area contributed by atoms with Crippen molar-refractivity contribution < 1.29 is 9.23 Å². The molecule has 0 unspecified atom stereocenters. The van der Waals surface area contributed by atoms with Crippen LogP contribution in [0.2, 0.25) is 0 Å². The van der Waals surface area contributed by atoms with Crippen LogP contribution in [0.3, 0.4) is 0 Å². The van der Waals surface area contributed by atoms with Gasteiger partial charge in [0.2, 0.25) is 11.4 Å². The highest BCUT2D eigenvalue weighted by Gasteiger charge is 2.16. The Balaban J connectivity index is 2.97. The van der Waals surface area contributed by atoms with E-state index >= 15 is 0 Å². The molecule has 1 rings (SSSR count). The number of hydrogen-bond donors (Lipinski definition) is 2. The molecule has 1 heterocycles. The fourth-order valence-electron chi connectivity index (χ4n) is 0.923. The molecular weight excluding hydrogens is 164 g/mol. The van der Waals surface area contributed by atoms with Gasteiger partial charge in [-0.1, -0.05) is 16.7 Å². The van der Waals surface area contributed by atoms with E-state index in [0.29, 0.717) is 16.0 Å². The van der Waals surface area contributed by atoms with Gasteiger partial charge in [-0.3, -0.25) is 0 Å². The monoisotopic (exact) mass is 175 g/mol. The van der Waals surface area contributed by atoms with Crippen LogP contribution in [0.4, 0.5) is 0 Å². The maximum atomic E-state index is 10.9. The van der Waals surface area contributed by atoms with E-state index in [0.717, 1.165) is 18.5 Å². The quantitative estimate of drug-likeness (QED) is 0.671. The number of rotatable bonds is 3. The minimum absolute atomic E-state index is 0.508. The molecule has 5 heteroatoms. The second-order valence-corrected chi connectivity index (χ2v) is 2.60. The summed E-state index contributed by atoms with van der Waals surface area (Å²) in [6, 6.07) is 0. The average Bonchev–Trinajstić information content (AvgIpc) is 2.34. The highest BCUT2D eigenvalue weighted by molar-refractivity contribution is 7.79. The number of nitrogens with one attached hydrogen (secondary N) is 1. The number of thiol groups is 1. The lowest BCUT2D eigenvalue weighted by Crippen LogP contribution is -2.16. The van der Waals surface area contributed by atoms with E-state index in [-0.39, 0.29) is 0 Å². The van der Waals surface area contributed by atoms with Gasteiger partial charge in [-0.05, 0) is 11.3 Å². The molecule has 0 aliphatic rings. The summed E-state index contributed by atoms with van der Waals surface area (Å²) in [6.45, 7) is 2.01. The lowest BCUT2D eigenvalue weighted by Gasteiger charge is -1.84. The predicted molar refractivity (Wildman–Crippen MR) is 43.1 cm³/mol. The van der Waals surface area contributed by atoms with E-state index in [1.807, 2.05) is 6.92 Å². The summed E-state index contributed by atoms with van der Waals surface area (Å²) in [5.74, 6) is 0.508. The van der Waals surface area contributed by atoms with Crippen LogP contribution in [-0.4, -0.2) is 5.16 Å². The normalized spacial score (nSPS) is 10.4. The van der Waals surface area contributed by atoms with E-state index in [1.165, 1.54) is 0 Å². The number of H-pyrrole nitrogens is 1. The van der Waals surface area contributed by atoms with Gasteiger partial charge in [0.1, 0.15) is 0 Å². The Hall–Kier alpha value is -0.710. The fraction of sp³-hybridized carbons (Fsp3) is 0.667. The van der Waals surface area contributed by atoms with E-state index in [1.54, 1.807) is 0 Å². The number of aromatic nitrogens is 2. The minimum atomic E-state index is 0.508. The number of aromatic amines is 1. The van der Waals surface area contributed by atoms with Crippen molar-refractivity contribution in [3.05, 3.63) is 16.3 Å². The van der Waals surface area contributed by atoms with Crippen LogP contribution in [0.5, 0.6) is 0 Å². The maximum Gasteiger partial charge on any atom is 0.245 e. The lowest BCUT2D eigenvalue weighted by molar-refractivity contribution is -0.719. The van der Waals surface area contributed by atoms with E-state index < -0.39 is 0 Å². The summed E-state index contributed by atoms with van der Waals surface area (Å²) < 4.78 is 5.04. The molecule has 0 saturated heterocycles. The second kappa shape index (κ2) is 3.61. The van der Waals surface area contributed by atoms with Gasteiger partial charge in [0, 0.05) is 6.42 Å². The van der Waals surface area contributed by atoms with Gasteiger partial charge in [0.15, 0.2) is 4.60 Å². The van der Waals surface area contributed by atoms with Gasteiger partial charge in [-0.25, -0.2) is 0 Å². The SMILES string of the molecule is CCCc1c(CS)[nH]o[n+]1=O. The first-order chi connectivity index (χ1) is 5.29. The topological polar surface area (TPSA) is 51.9 Å². The zero-order chi connectivity index (χ0) is 8.27. The fourth-order valence-corrected chi connectivity index (χ4v) is 1.17. The molecule has 0 radical (unpaired) electrons. The Morgan fingerprint density at radius 2 is 2.45 bits per heavy atom. The van der Waals surface area contributed by atoms with Crippen LogP contribution in [0.15, 0.2) is 4.63 Å². The summed E-state index contributed by atoms with van der Waals surface area (Å²) in [5.41, 5.74) is 1.42. The molecule has 0 aromatic carbocycles. The molecular formula is C6H11N2O2S+. The smallest absolute Gasteiger partial charge is 0.170 e. The van der Waals surface area contributed by atoms with Gasteiger partial charge < -0.3 is 0 Å².